The fraction of sp³-hybridized carbons (Fsp3) is 0.375. The van der Waals surface area contributed by atoms with Crippen molar-refractivity contribution in [1.82, 2.24) is 9.97 Å². The van der Waals surface area contributed by atoms with Crippen LogP contribution < -0.4 is 4.74 Å². The average molecular weight is 438 g/mol. The fourth-order valence-electron chi connectivity index (χ4n) is 3.29. The van der Waals surface area contributed by atoms with Gasteiger partial charge in [0.15, 0.2) is 5.25 Å². The number of ether oxygens (including phenoxy) is 1. The van der Waals surface area contributed by atoms with E-state index in [1.807, 2.05) is 19.1 Å². The van der Waals surface area contributed by atoms with Gasteiger partial charge in [0.25, 0.3) is 0 Å². The number of hydrogen-bond acceptors (Lipinski definition) is 6. The normalized spacial score (nSPS) is 12.4. The number of aryl methyl sites for hydroxylation is 1. The van der Waals surface area contributed by atoms with E-state index in [4.69, 9.17) is 4.74 Å². The van der Waals surface area contributed by atoms with E-state index in [2.05, 4.69) is 16.9 Å². The number of nitriles is 1. The number of benzene rings is 2. The largest absolute Gasteiger partial charge is 0.476 e. The molecule has 6 nitrogen and oxygen atoms in total. The Bertz CT molecular complexity index is 1170. The first-order valence-corrected chi connectivity index (χ1v) is 12.1. The molecule has 0 fully saturated rings. The highest BCUT2D eigenvalue weighted by Crippen LogP contribution is 2.33. The van der Waals surface area contributed by atoms with Gasteiger partial charge in [0.2, 0.25) is 15.7 Å². The number of sulfone groups is 1. The summed E-state index contributed by atoms with van der Waals surface area (Å²) in [5.41, 5.74) is 2.09. The van der Waals surface area contributed by atoms with Crippen molar-refractivity contribution in [2.75, 3.05) is 6.61 Å². The van der Waals surface area contributed by atoms with Crippen LogP contribution in [0.25, 0.3) is 11.0 Å². The van der Waals surface area contributed by atoms with E-state index < -0.39 is 15.1 Å². The van der Waals surface area contributed by atoms with Crippen LogP contribution in [0.2, 0.25) is 0 Å². The average Bonchev–Trinajstić information content (AvgIpc) is 2.77. The van der Waals surface area contributed by atoms with Crippen LogP contribution in [0, 0.1) is 18.3 Å². The monoisotopic (exact) mass is 437 g/mol. The molecular weight excluding hydrogens is 410 g/mol. The molecule has 0 aliphatic carbocycles. The molecule has 0 aliphatic rings. The summed E-state index contributed by atoms with van der Waals surface area (Å²) < 4.78 is 32.4. The molecule has 0 radical (unpaired) electrons. The van der Waals surface area contributed by atoms with Gasteiger partial charge in [-0.1, -0.05) is 62.4 Å². The molecule has 0 aliphatic heterocycles. The van der Waals surface area contributed by atoms with Gasteiger partial charge in [-0.25, -0.2) is 18.4 Å². The lowest BCUT2D eigenvalue weighted by Gasteiger charge is -2.15. The predicted octanol–water partition coefficient (Wildman–Crippen LogP) is 5.33. The van der Waals surface area contributed by atoms with Gasteiger partial charge in [-0.2, -0.15) is 5.26 Å². The Labute approximate surface area is 183 Å². The molecule has 0 bridgehead atoms. The molecule has 0 saturated heterocycles. The van der Waals surface area contributed by atoms with Crippen molar-refractivity contribution in [3.05, 3.63) is 59.8 Å². The third kappa shape index (κ3) is 5.39. The van der Waals surface area contributed by atoms with Crippen molar-refractivity contribution in [1.29, 1.82) is 5.26 Å². The second kappa shape index (κ2) is 10.4. The van der Waals surface area contributed by atoms with E-state index >= 15 is 0 Å². The van der Waals surface area contributed by atoms with Gasteiger partial charge in [-0.05, 0) is 37.6 Å². The predicted molar refractivity (Wildman–Crippen MR) is 121 cm³/mol. The van der Waals surface area contributed by atoms with Crippen LogP contribution >= 0.6 is 0 Å². The van der Waals surface area contributed by atoms with Crippen LogP contribution in [0.3, 0.4) is 0 Å². The summed E-state index contributed by atoms with van der Waals surface area (Å²) in [6.45, 7) is 4.43. The third-order valence-corrected chi connectivity index (χ3v) is 6.95. The van der Waals surface area contributed by atoms with E-state index in [1.54, 1.807) is 30.3 Å². The van der Waals surface area contributed by atoms with Crippen LogP contribution in [0.5, 0.6) is 5.88 Å². The first kappa shape index (κ1) is 22.7. The summed E-state index contributed by atoms with van der Waals surface area (Å²) in [5.74, 6) is 0.108. The van der Waals surface area contributed by atoms with Crippen LogP contribution in [-0.4, -0.2) is 25.0 Å². The minimum absolute atomic E-state index is 0.0373. The van der Waals surface area contributed by atoms with Gasteiger partial charge in [0.1, 0.15) is 5.69 Å². The van der Waals surface area contributed by atoms with E-state index in [1.165, 1.54) is 18.6 Å². The Balaban J connectivity index is 1.97. The number of rotatable bonds is 10. The van der Waals surface area contributed by atoms with Crippen LogP contribution in [-0.2, 0) is 9.84 Å². The fourth-order valence-corrected chi connectivity index (χ4v) is 4.66. The van der Waals surface area contributed by atoms with Gasteiger partial charge in [-0.3, -0.25) is 0 Å². The lowest BCUT2D eigenvalue weighted by molar-refractivity contribution is 0.290. The molecular formula is C24H27N3O3S. The maximum absolute atomic E-state index is 13.3. The van der Waals surface area contributed by atoms with Crippen molar-refractivity contribution in [2.45, 2.75) is 56.1 Å². The molecule has 3 rings (SSSR count). The van der Waals surface area contributed by atoms with Gasteiger partial charge in [-0.15, -0.1) is 0 Å². The van der Waals surface area contributed by atoms with Crippen molar-refractivity contribution in [3.63, 3.8) is 0 Å². The standard InChI is InChI=1S/C24H27N3O3S/c1-3-4-5-6-9-16-30-24-23(26-20-10-7-8-11-21(20)27-24)22(17-25)31(28,29)19-14-12-18(2)13-15-19/h7-8,10-15,22H,3-6,9,16H2,1-2H3. The number of para-hydroxylation sites is 2. The van der Waals surface area contributed by atoms with Crippen LogP contribution in [0.15, 0.2) is 53.4 Å². The minimum Gasteiger partial charge on any atom is -0.476 e. The maximum atomic E-state index is 13.3. The summed E-state index contributed by atoms with van der Waals surface area (Å²) in [6, 6.07) is 15.5. The second-order valence-electron chi connectivity index (χ2n) is 7.53. The van der Waals surface area contributed by atoms with Gasteiger partial charge in [0, 0.05) is 0 Å². The highest BCUT2D eigenvalue weighted by atomic mass is 32.2. The van der Waals surface area contributed by atoms with Crippen LogP contribution in [0.4, 0.5) is 0 Å². The molecule has 2 aromatic carbocycles. The Morgan fingerprint density at radius 3 is 2.26 bits per heavy atom. The molecule has 1 unspecified atom stereocenters. The molecule has 3 aromatic rings. The topological polar surface area (TPSA) is 92.9 Å². The summed E-state index contributed by atoms with van der Waals surface area (Å²) >= 11 is 0. The summed E-state index contributed by atoms with van der Waals surface area (Å²) in [6.07, 6.45) is 5.30. The summed E-state index contributed by atoms with van der Waals surface area (Å²) in [4.78, 5) is 9.07. The number of hydrogen-bond donors (Lipinski definition) is 0. The zero-order chi connectivity index (χ0) is 22.3. The lowest BCUT2D eigenvalue weighted by atomic mass is 10.2. The molecule has 162 valence electrons. The molecule has 1 aromatic heterocycles. The van der Waals surface area contributed by atoms with Gasteiger partial charge < -0.3 is 4.74 Å². The molecule has 0 N–H and O–H groups in total. The van der Waals surface area contributed by atoms with Gasteiger partial charge in [0.05, 0.1) is 28.6 Å². The first-order chi connectivity index (χ1) is 15.0. The molecule has 0 saturated carbocycles. The SMILES string of the molecule is CCCCCCCOc1nc2ccccc2nc1C(C#N)S(=O)(=O)c1ccc(C)cc1. The van der Waals surface area contributed by atoms with Gasteiger partial charge >= 0.3 is 0 Å². The Hall–Kier alpha value is -2.98. The lowest BCUT2D eigenvalue weighted by Crippen LogP contribution is -2.16. The summed E-state index contributed by atoms with van der Waals surface area (Å²) in [7, 11) is -4.00. The van der Waals surface area contributed by atoms with Crippen molar-refractivity contribution >= 4 is 20.9 Å². The van der Waals surface area contributed by atoms with E-state index in [-0.39, 0.29) is 16.5 Å². The van der Waals surface area contributed by atoms with Crippen molar-refractivity contribution in [3.8, 4) is 11.9 Å². The zero-order valence-corrected chi connectivity index (χ0v) is 18.7. The Morgan fingerprint density at radius 2 is 1.61 bits per heavy atom. The molecule has 1 atom stereocenters. The molecule has 0 amide bonds. The Kier molecular flexibility index (Phi) is 7.59. The smallest absolute Gasteiger partial charge is 0.238 e. The highest BCUT2D eigenvalue weighted by Gasteiger charge is 2.34. The third-order valence-electron chi connectivity index (χ3n) is 5.08. The second-order valence-corrected chi connectivity index (χ2v) is 9.57. The van der Waals surface area contributed by atoms with Crippen LogP contribution in [0.1, 0.15) is 55.5 Å². The van der Waals surface area contributed by atoms with Crippen molar-refractivity contribution < 1.29 is 13.2 Å². The number of aromatic nitrogens is 2. The number of unbranched alkanes of at least 4 members (excludes halogenated alkanes) is 4. The zero-order valence-electron chi connectivity index (χ0n) is 17.9. The van der Waals surface area contributed by atoms with E-state index in [0.29, 0.717) is 17.6 Å². The highest BCUT2D eigenvalue weighted by molar-refractivity contribution is 7.92. The molecule has 7 heteroatoms. The maximum Gasteiger partial charge on any atom is 0.238 e. The Morgan fingerprint density at radius 1 is 0.968 bits per heavy atom. The molecule has 0 spiro atoms. The molecule has 1 heterocycles. The van der Waals surface area contributed by atoms with E-state index in [0.717, 1.165) is 31.2 Å². The minimum atomic E-state index is -4.00. The molecule has 31 heavy (non-hydrogen) atoms. The first-order valence-electron chi connectivity index (χ1n) is 10.6. The number of fused-ring (bicyclic) bond motifs is 1. The summed E-state index contributed by atoms with van der Waals surface area (Å²) in [5, 5.41) is 8.33. The van der Waals surface area contributed by atoms with E-state index in [9.17, 15) is 13.7 Å². The number of nitrogens with zero attached hydrogens (tertiary/aromatic N) is 3. The van der Waals surface area contributed by atoms with Crippen molar-refractivity contribution in [2.24, 2.45) is 0 Å². The quantitative estimate of drug-likeness (QED) is 0.398.